The van der Waals surface area contributed by atoms with E-state index in [-0.39, 0.29) is 12.1 Å². The van der Waals surface area contributed by atoms with Gasteiger partial charge in [-0.2, -0.15) is 0 Å². The molecule has 0 aliphatic heterocycles. The molecule has 0 aliphatic carbocycles. The Kier molecular flexibility index (Phi) is 4.08. The highest BCUT2D eigenvalue weighted by Gasteiger charge is 2.15. The standard InChI is InChI=1S/C10H16N2O2S/c1-5-14-10(13)12-7(3)9-6(2)11-8(4)15-9/h7H,5H2,1-4H3,(H,12,13). The average Bonchev–Trinajstić information content (AvgIpc) is 2.45. The molecule has 1 aromatic rings. The summed E-state index contributed by atoms with van der Waals surface area (Å²) < 4.78 is 4.81. The van der Waals surface area contributed by atoms with Gasteiger partial charge in [0.05, 0.1) is 23.4 Å². The molecular weight excluding hydrogens is 212 g/mol. The highest BCUT2D eigenvalue weighted by atomic mass is 32.1. The third kappa shape index (κ3) is 3.20. The average molecular weight is 228 g/mol. The molecule has 1 heterocycles. The van der Waals surface area contributed by atoms with Crippen LogP contribution in [-0.4, -0.2) is 17.7 Å². The highest BCUT2D eigenvalue weighted by Crippen LogP contribution is 2.24. The van der Waals surface area contributed by atoms with Crippen molar-refractivity contribution in [3.8, 4) is 0 Å². The van der Waals surface area contributed by atoms with Gasteiger partial charge in [-0.15, -0.1) is 11.3 Å². The quantitative estimate of drug-likeness (QED) is 0.865. The van der Waals surface area contributed by atoms with E-state index in [1.807, 2.05) is 20.8 Å². The van der Waals surface area contributed by atoms with E-state index in [4.69, 9.17) is 4.74 Å². The lowest BCUT2D eigenvalue weighted by atomic mass is 10.2. The molecule has 15 heavy (non-hydrogen) atoms. The van der Waals surface area contributed by atoms with Crippen LogP contribution in [0.2, 0.25) is 0 Å². The number of ether oxygens (including phenoxy) is 1. The van der Waals surface area contributed by atoms with Crippen LogP contribution in [0.25, 0.3) is 0 Å². The van der Waals surface area contributed by atoms with Gasteiger partial charge in [0.15, 0.2) is 0 Å². The SMILES string of the molecule is CCOC(=O)NC(C)c1sc(C)nc1C. The molecule has 0 bridgehead atoms. The second kappa shape index (κ2) is 5.11. The van der Waals surface area contributed by atoms with E-state index < -0.39 is 0 Å². The maximum Gasteiger partial charge on any atom is 0.407 e. The normalized spacial score (nSPS) is 12.3. The Morgan fingerprint density at radius 2 is 2.27 bits per heavy atom. The molecule has 1 unspecified atom stereocenters. The molecular formula is C10H16N2O2S. The molecule has 0 aliphatic rings. The summed E-state index contributed by atoms with van der Waals surface area (Å²) in [5.41, 5.74) is 0.974. The number of aryl methyl sites for hydroxylation is 2. The molecule has 0 spiro atoms. The number of nitrogens with one attached hydrogen (secondary N) is 1. The maximum atomic E-state index is 11.2. The van der Waals surface area contributed by atoms with Gasteiger partial charge in [0, 0.05) is 4.88 Å². The fourth-order valence-corrected chi connectivity index (χ4v) is 2.29. The minimum Gasteiger partial charge on any atom is -0.450 e. The summed E-state index contributed by atoms with van der Waals surface area (Å²) in [7, 11) is 0. The molecule has 1 aromatic heterocycles. The van der Waals surface area contributed by atoms with Gasteiger partial charge in [-0.3, -0.25) is 0 Å². The van der Waals surface area contributed by atoms with Crippen LogP contribution >= 0.6 is 11.3 Å². The van der Waals surface area contributed by atoms with Crippen molar-refractivity contribution in [1.29, 1.82) is 0 Å². The molecule has 0 fully saturated rings. The zero-order chi connectivity index (χ0) is 11.4. The first-order valence-electron chi connectivity index (χ1n) is 4.91. The number of hydrogen-bond donors (Lipinski definition) is 1. The van der Waals surface area contributed by atoms with Crippen molar-refractivity contribution in [3.05, 3.63) is 15.6 Å². The van der Waals surface area contributed by atoms with E-state index in [1.165, 1.54) is 0 Å². The Balaban J connectivity index is 2.64. The number of thiazole rings is 1. The third-order valence-corrected chi connectivity index (χ3v) is 3.20. The number of hydrogen-bond acceptors (Lipinski definition) is 4. The summed E-state index contributed by atoms with van der Waals surface area (Å²) in [6.07, 6.45) is -0.379. The molecule has 4 nitrogen and oxygen atoms in total. The van der Waals surface area contributed by atoms with E-state index in [1.54, 1.807) is 18.3 Å². The van der Waals surface area contributed by atoms with Crippen LogP contribution in [0.5, 0.6) is 0 Å². The first-order chi connectivity index (χ1) is 7.04. The molecule has 5 heteroatoms. The smallest absolute Gasteiger partial charge is 0.407 e. The van der Waals surface area contributed by atoms with Crippen molar-refractivity contribution < 1.29 is 9.53 Å². The molecule has 0 saturated carbocycles. The molecule has 0 aromatic carbocycles. The maximum absolute atomic E-state index is 11.2. The van der Waals surface area contributed by atoms with Crippen molar-refractivity contribution in [3.63, 3.8) is 0 Å². The summed E-state index contributed by atoms with van der Waals surface area (Å²) in [5.74, 6) is 0. The van der Waals surface area contributed by atoms with Gasteiger partial charge in [0.25, 0.3) is 0 Å². The minimum absolute atomic E-state index is 0.0461. The van der Waals surface area contributed by atoms with Crippen LogP contribution in [0, 0.1) is 13.8 Å². The summed E-state index contributed by atoms with van der Waals surface area (Å²) in [6, 6.07) is -0.0461. The van der Waals surface area contributed by atoms with Gasteiger partial charge in [0.1, 0.15) is 0 Å². The fourth-order valence-electron chi connectivity index (χ4n) is 1.36. The van der Waals surface area contributed by atoms with Gasteiger partial charge >= 0.3 is 6.09 Å². The monoisotopic (exact) mass is 228 g/mol. The number of carbonyl (C=O) groups excluding carboxylic acids is 1. The van der Waals surface area contributed by atoms with Gasteiger partial charge in [-0.05, 0) is 27.7 Å². The molecule has 0 radical (unpaired) electrons. The first-order valence-corrected chi connectivity index (χ1v) is 5.73. The minimum atomic E-state index is -0.379. The van der Waals surface area contributed by atoms with Crippen molar-refractivity contribution >= 4 is 17.4 Å². The van der Waals surface area contributed by atoms with E-state index >= 15 is 0 Å². The summed E-state index contributed by atoms with van der Waals surface area (Å²) in [5, 5.41) is 3.77. The predicted molar refractivity (Wildman–Crippen MR) is 60.2 cm³/mol. The number of nitrogens with zero attached hydrogens (tertiary/aromatic N) is 1. The third-order valence-electron chi connectivity index (χ3n) is 1.94. The number of rotatable bonds is 3. The van der Waals surface area contributed by atoms with E-state index in [9.17, 15) is 4.79 Å². The lowest BCUT2D eigenvalue weighted by Gasteiger charge is -2.12. The summed E-state index contributed by atoms with van der Waals surface area (Å²) in [4.78, 5) is 16.6. The van der Waals surface area contributed by atoms with E-state index in [0.717, 1.165) is 15.6 Å². The van der Waals surface area contributed by atoms with Crippen molar-refractivity contribution in [1.82, 2.24) is 10.3 Å². The Morgan fingerprint density at radius 3 is 2.73 bits per heavy atom. The molecule has 1 rings (SSSR count). The van der Waals surface area contributed by atoms with Gasteiger partial charge < -0.3 is 10.1 Å². The summed E-state index contributed by atoms with van der Waals surface area (Å²) >= 11 is 1.60. The zero-order valence-corrected chi connectivity index (χ0v) is 10.3. The van der Waals surface area contributed by atoms with Crippen LogP contribution in [0.4, 0.5) is 4.79 Å². The van der Waals surface area contributed by atoms with E-state index in [0.29, 0.717) is 6.61 Å². The van der Waals surface area contributed by atoms with Crippen LogP contribution in [-0.2, 0) is 4.74 Å². The Morgan fingerprint density at radius 1 is 1.60 bits per heavy atom. The fraction of sp³-hybridized carbons (Fsp3) is 0.600. The van der Waals surface area contributed by atoms with Crippen LogP contribution < -0.4 is 5.32 Å². The zero-order valence-electron chi connectivity index (χ0n) is 9.46. The topological polar surface area (TPSA) is 51.2 Å². The lowest BCUT2D eigenvalue weighted by molar-refractivity contribution is 0.149. The molecule has 1 atom stereocenters. The second-order valence-electron chi connectivity index (χ2n) is 3.27. The highest BCUT2D eigenvalue weighted by molar-refractivity contribution is 7.11. The number of carbonyl (C=O) groups is 1. The molecule has 1 amide bonds. The van der Waals surface area contributed by atoms with E-state index in [2.05, 4.69) is 10.3 Å². The van der Waals surface area contributed by atoms with Crippen molar-refractivity contribution in [2.45, 2.75) is 33.7 Å². The number of alkyl carbamates (subject to hydrolysis) is 1. The van der Waals surface area contributed by atoms with Gasteiger partial charge in [0.2, 0.25) is 0 Å². The van der Waals surface area contributed by atoms with Crippen molar-refractivity contribution in [2.24, 2.45) is 0 Å². The lowest BCUT2D eigenvalue weighted by Crippen LogP contribution is -2.27. The number of amides is 1. The molecule has 0 saturated heterocycles. The Labute approximate surface area is 93.7 Å². The largest absolute Gasteiger partial charge is 0.450 e. The first kappa shape index (κ1) is 12.0. The van der Waals surface area contributed by atoms with Gasteiger partial charge in [-0.25, -0.2) is 9.78 Å². The molecule has 84 valence electrons. The van der Waals surface area contributed by atoms with Crippen molar-refractivity contribution in [2.75, 3.05) is 6.61 Å². The Bertz CT molecular complexity index is 349. The second-order valence-corrected chi connectivity index (χ2v) is 4.50. The molecule has 1 N–H and O–H groups in total. The number of aromatic nitrogens is 1. The Hall–Kier alpha value is -1.10. The summed E-state index contributed by atoms with van der Waals surface area (Å²) in [6.45, 7) is 8.00. The van der Waals surface area contributed by atoms with Crippen LogP contribution in [0.3, 0.4) is 0 Å². The van der Waals surface area contributed by atoms with Crippen LogP contribution in [0.15, 0.2) is 0 Å². The van der Waals surface area contributed by atoms with Crippen LogP contribution in [0.1, 0.15) is 35.5 Å². The predicted octanol–water partition coefficient (Wildman–Crippen LogP) is 2.57. The van der Waals surface area contributed by atoms with Gasteiger partial charge in [-0.1, -0.05) is 0 Å².